The fourth-order valence-electron chi connectivity index (χ4n) is 4.19. The summed E-state index contributed by atoms with van der Waals surface area (Å²) in [5, 5.41) is 16.4. The van der Waals surface area contributed by atoms with Crippen molar-refractivity contribution in [1.82, 2.24) is 20.7 Å². The topological polar surface area (TPSA) is 145 Å². The molecule has 194 valence electrons. The number of halogens is 2. The first kappa shape index (κ1) is 26.9. The molecule has 2 fully saturated rings. The van der Waals surface area contributed by atoms with Crippen molar-refractivity contribution in [3.63, 3.8) is 0 Å². The zero-order valence-corrected chi connectivity index (χ0v) is 20.2. The van der Waals surface area contributed by atoms with E-state index in [4.69, 9.17) is 16.3 Å². The molecule has 3 rings (SSSR count). The SMILES string of the molecule is COC(=O)C(C[C@@H]1CCNC1=O)NC(=O)C1CCCN(C(=O)O)N1C(=O)/C=C/c1ccc(Cl)cc1F. The molecule has 0 bridgehead atoms. The molecule has 0 radical (unpaired) electrons. The highest BCUT2D eigenvalue weighted by Gasteiger charge is 2.41. The van der Waals surface area contributed by atoms with Crippen LogP contribution in [0.15, 0.2) is 24.3 Å². The third-order valence-corrected chi connectivity index (χ3v) is 6.24. The first-order valence-electron chi connectivity index (χ1n) is 11.2. The van der Waals surface area contributed by atoms with Gasteiger partial charge in [-0.25, -0.2) is 24.0 Å². The zero-order valence-electron chi connectivity index (χ0n) is 19.4. The number of carbonyl (C=O) groups excluding carboxylic acids is 4. The Morgan fingerprint density at radius 1 is 1.33 bits per heavy atom. The van der Waals surface area contributed by atoms with E-state index in [9.17, 15) is 33.5 Å². The number of amides is 4. The second-order valence-electron chi connectivity index (χ2n) is 8.34. The summed E-state index contributed by atoms with van der Waals surface area (Å²) in [6.45, 7) is 0.404. The van der Waals surface area contributed by atoms with E-state index in [2.05, 4.69) is 10.6 Å². The van der Waals surface area contributed by atoms with E-state index in [0.29, 0.717) is 18.0 Å². The lowest BCUT2D eigenvalue weighted by Crippen LogP contribution is -2.62. The number of nitrogens with zero attached hydrogens (tertiary/aromatic N) is 2. The highest BCUT2D eigenvalue weighted by molar-refractivity contribution is 6.30. The number of hydrazine groups is 1. The first-order chi connectivity index (χ1) is 17.1. The van der Waals surface area contributed by atoms with E-state index in [0.717, 1.165) is 30.3 Å². The van der Waals surface area contributed by atoms with Gasteiger partial charge in [0.2, 0.25) is 11.8 Å². The van der Waals surface area contributed by atoms with Crippen LogP contribution in [0.4, 0.5) is 9.18 Å². The van der Waals surface area contributed by atoms with Crippen molar-refractivity contribution in [2.45, 2.75) is 37.8 Å². The number of nitrogens with one attached hydrogen (secondary N) is 2. The lowest BCUT2D eigenvalue weighted by atomic mass is 9.97. The number of rotatable bonds is 7. The van der Waals surface area contributed by atoms with Crippen molar-refractivity contribution < 1.29 is 38.2 Å². The molecule has 0 aromatic heterocycles. The van der Waals surface area contributed by atoms with Gasteiger partial charge in [0, 0.05) is 35.7 Å². The highest BCUT2D eigenvalue weighted by Crippen LogP contribution is 2.22. The predicted molar refractivity (Wildman–Crippen MR) is 125 cm³/mol. The van der Waals surface area contributed by atoms with Gasteiger partial charge in [0.15, 0.2) is 0 Å². The van der Waals surface area contributed by atoms with Crippen molar-refractivity contribution in [3.8, 4) is 0 Å². The maximum Gasteiger partial charge on any atom is 0.426 e. The molecule has 1 aromatic carbocycles. The standard InChI is InChI=1S/C23H26ClFN4O7/c1-36-22(33)17(11-14-8-9-26-20(14)31)27-21(32)18-3-2-10-28(23(34)35)29(18)19(30)7-5-13-4-6-15(24)12-16(13)25/h4-7,12,14,17-18H,2-3,8-11H2,1H3,(H,26,31)(H,27,32)(H,34,35)/b7-5+/t14-,17?,18?/m0/s1. The predicted octanol–water partition coefficient (Wildman–Crippen LogP) is 1.56. The number of hydrogen-bond donors (Lipinski definition) is 3. The van der Waals surface area contributed by atoms with Gasteiger partial charge in [-0.2, -0.15) is 0 Å². The molecular weight excluding hydrogens is 499 g/mol. The van der Waals surface area contributed by atoms with E-state index in [1.807, 2.05) is 0 Å². The van der Waals surface area contributed by atoms with Crippen LogP contribution in [-0.2, 0) is 23.9 Å². The summed E-state index contributed by atoms with van der Waals surface area (Å²) >= 11 is 5.73. The second-order valence-corrected chi connectivity index (χ2v) is 8.78. The van der Waals surface area contributed by atoms with Gasteiger partial charge in [-0.05, 0) is 43.9 Å². The summed E-state index contributed by atoms with van der Waals surface area (Å²) < 4.78 is 18.9. The molecular formula is C23H26ClFN4O7. The largest absolute Gasteiger partial charge is 0.467 e. The Hall–Kier alpha value is -3.67. The number of carboxylic acid groups (broad SMARTS) is 1. The first-order valence-corrected chi connectivity index (χ1v) is 11.6. The maximum atomic E-state index is 14.1. The van der Waals surface area contributed by atoms with Crippen molar-refractivity contribution in [2.75, 3.05) is 20.2 Å². The molecule has 0 saturated carbocycles. The van der Waals surface area contributed by atoms with Gasteiger partial charge in [0.05, 0.1) is 7.11 Å². The molecule has 2 aliphatic heterocycles. The lowest BCUT2D eigenvalue weighted by molar-refractivity contribution is -0.159. The van der Waals surface area contributed by atoms with E-state index in [1.54, 1.807) is 0 Å². The molecule has 4 amide bonds. The maximum absolute atomic E-state index is 14.1. The molecule has 1 aromatic rings. The molecule has 2 unspecified atom stereocenters. The molecule has 0 spiro atoms. The van der Waals surface area contributed by atoms with Crippen LogP contribution in [0.1, 0.15) is 31.2 Å². The van der Waals surface area contributed by atoms with Crippen LogP contribution in [0.25, 0.3) is 6.08 Å². The van der Waals surface area contributed by atoms with Crippen LogP contribution in [0.3, 0.4) is 0 Å². The Labute approximate surface area is 211 Å². The number of benzene rings is 1. The minimum absolute atomic E-state index is 0.0106. The van der Waals surface area contributed by atoms with E-state index in [-0.39, 0.29) is 42.3 Å². The summed E-state index contributed by atoms with van der Waals surface area (Å²) in [5.74, 6) is -3.88. The van der Waals surface area contributed by atoms with Gasteiger partial charge in [-0.1, -0.05) is 17.7 Å². The normalized spacial score (nSPS) is 20.7. The van der Waals surface area contributed by atoms with Crippen molar-refractivity contribution >= 4 is 47.5 Å². The second kappa shape index (κ2) is 11.8. The molecule has 3 atom stereocenters. The summed E-state index contributed by atoms with van der Waals surface area (Å²) in [6, 6.07) is 1.38. The summed E-state index contributed by atoms with van der Waals surface area (Å²) in [7, 11) is 1.14. The zero-order chi connectivity index (χ0) is 26.4. The number of methoxy groups -OCH3 is 1. The Kier molecular flexibility index (Phi) is 8.86. The van der Waals surface area contributed by atoms with Gasteiger partial charge >= 0.3 is 12.1 Å². The molecule has 2 aliphatic rings. The number of hydrogen-bond acceptors (Lipinski definition) is 6. The lowest BCUT2D eigenvalue weighted by Gasteiger charge is -2.41. The monoisotopic (exact) mass is 524 g/mol. The molecule has 11 nitrogen and oxygen atoms in total. The van der Waals surface area contributed by atoms with Gasteiger partial charge in [-0.3, -0.25) is 14.4 Å². The number of ether oxygens (including phenoxy) is 1. The van der Waals surface area contributed by atoms with Gasteiger partial charge < -0.3 is 20.5 Å². The van der Waals surface area contributed by atoms with Crippen LogP contribution in [0.5, 0.6) is 0 Å². The number of esters is 1. The molecule has 2 heterocycles. The summed E-state index contributed by atoms with van der Waals surface area (Å²) in [4.78, 5) is 62.3. The number of carbonyl (C=O) groups is 5. The summed E-state index contributed by atoms with van der Waals surface area (Å²) in [6.07, 6.45) is 1.50. The third-order valence-electron chi connectivity index (χ3n) is 6.01. The average molecular weight is 525 g/mol. The van der Waals surface area contributed by atoms with Crippen LogP contribution in [0, 0.1) is 11.7 Å². The van der Waals surface area contributed by atoms with Crippen molar-refractivity contribution in [1.29, 1.82) is 0 Å². The fraction of sp³-hybridized carbons (Fsp3) is 0.435. The molecule has 13 heteroatoms. The van der Waals surface area contributed by atoms with Crippen LogP contribution < -0.4 is 10.6 Å². The molecule has 0 aliphatic carbocycles. The Balaban J connectivity index is 1.82. The molecule has 36 heavy (non-hydrogen) atoms. The summed E-state index contributed by atoms with van der Waals surface area (Å²) in [5.41, 5.74) is 0.0354. The van der Waals surface area contributed by atoms with Crippen LogP contribution in [-0.4, -0.2) is 77.2 Å². The van der Waals surface area contributed by atoms with Crippen molar-refractivity contribution in [3.05, 3.63) is 40.7 Å². The van der Waals surface area contributed by atoms with Gasteiger partial charge in [0.1, 0.15) is 17.9 Å². The van der Waals surface area contributed by atoms with E-state index >= 15 is 0 Å². The molecule has 2 saturated heterocycles. The quantitative estimate of drug-likeness (QED) is 0.362. The smallest absolute Gasteiger partial charge is 0.426 e. The van der Waals surface area contributed by atoms with Crippen molar-refractivity contribution in [2.24, 2.45) is 5.92 Å². The van der Waals surface area contributed by atoms with E-state index < -0.39 is 47.7 Å². The average Bonchev–Trinajstić information content (AvgIpc) is 3.25. The third kappa shape index (κ3) is 6.30. The minimum Gasteiger partial charge on any atom is -0.467 e. The highest BCUT2D eigenvalue weighted by atomic mass is 35.5. The fourth-order valence-corrected chi connectivity index (χ4v) is 4.35. The van der Waals surface area contributed by atoms with E-state index in [1.165, 1.54) is 12.1 Å². The van der Waals surface area contributed by atoms with Crippen LogP contribution in [0.2, 0.25) is 5.02 Å². The Morgan fingerprint density at radius 3 is 2.69 bits per heavy atom. The Bertz CT molecular complexity index is 1080. The van der Waals surface area contributed by atoms with Gasteiger partial charge in [-0.15, -0.1) is 0 Å². The van der Waals surface area contributed by atoms with Gasteiger partial charge in [0.25, 0.3) is 5.91 Å². The minimum atomic E-state index is -1.46. The molecule has 3 N–H and O–H groups in total. The van der Waals surface area contributed by atoms with Crippen LogP contribution >= 0.6 is 11.6 Å². The Morgan fingerprint density at radius 2 is 2.08 bits per heavy atom.